The first-order chi connectivity index (χ1) is 9.18. The average Bonchev–Trinajstić information content (AvgIpc) is 2.46. The van der Waals surface area contributed by atoms with Crippen LogP contribution in [0.1, 0.15) is 37.0 Å². The zero-order valence-corrected chi connectivity index (χ0v) is 11.9. The summed E-state index contributed by atoms with van der Waals surface area (Å²) in [4.78, 5) is 14.6. The van der Waals surface area contributed by atoms with Crippen LogP contribution in [-0.4, -0.2) is 36.5 Å². The third kappa shape index (κ3) is 3.80. The van der Waals surface area contributed by atoms with Gasteiger partial charge in [-0.25, -0.2) is 0 Å². The fraction of sp³-hybridized carbons (Fsp3) is 0.562. The monoisotopic (exact) mass is 260 g/mol. The summed E-state index contributed by atoms with van der Waals surface area (Å²) in [6.07, 6.45) is 2.44. The molecule has 1 N–H and O–H groups in total. The molecule has 1 aliphatic heterocycles. The van der Waals surface area contributed by atoms with E-state index in [4.69, 9.17) is 0 Å². The van der Waals surface area contributed by atoms with Gasteiger partial charge in [0.15, 0.2) is 0 Å². The molecule has 2 rings (SSSR count). The molecule has 0 aliphatic carbocycles. The van der Waals surface area contributed by atoms with Crippen molar-refractivity contribution in [2.24, 2.45) is 5.92 Å². The number of hydrogen-bond acceptors (Lipinski definition) is 2. The van der Waals surface area contributed by atoms with Crippen LogP contribution in [0.4, 0.5) is 0 Å². The summed E-state index contributed by atoms with van der Waals surface area (Å²) in [5.41, 5.74) is 0.792. The quantitative estimate of drug-likeness (QED) is 0.902. The van der Waals surface area contributed by atoms with Crippen LogP contribution in [0.3, 0.4) is 0 Å². The lowest BCUT2D eigenvalue weighted by Gasteiger charge is -2.33. The minimum atomic E-state index is 0.154. The minimum Gasteiger partial charge on any atom is -0.336 e. The molecule has 1 atom stereocenters. The number of nitrogens with zero attached hydrogens (tertiary/aromatic N) is 1. The second kappa shape index (κ2) is 6.71. The number of benzene rings is 1. The molecule has 1 fully saturated rings. The normalized spacial score (nSPS) is 19.4. The Labute approximate surface area is 116 Å². The SMILES string of the molecule is CC(C)N(CC1CCCNC1)C(=O)c1ccccc1. The Balaban J connectivity index is 2.05. The molecule has 0 radical (unpaired) electrons. The topological polar surface area (TPSA) is 32.3 Å². The first-order valence-electron chi connectivity index (χ1n) is 7.25. The van der Waals surface area contributed by atoms with E-state index in [0.29, 0.717) is 5.92 Å². The van der Waals surface area contributed by atoms with E-state index in [1.54, 1.807) is 0 Å². The third-order valence-electron chi connectivity index (χ3n) is 3.76. The summed E-state index contributed by atoms with van der Waals surface area (Å²) in [6.45, 7) is 7.20. The van der Waals surface area contributed by atoms with Gasteiger partial charge < -0.3 is 10.2 Å². The Morgan fingerprint density at radius 3 is 2.68 bits per heavy atom. The molecule has 1 aromatic carbocycles. The van der Waals surface area contributed by atoms with Crippen LogP contribution in [0.25, 0.3) is 0 Å². The predicted octanol–water partition coefficient (Wildman–Crippen LogP) is 2.54. The summed E-state index contributed by atoms with van der Waals surface area (Å²) < 4.78 is 0. The van der Waals surface area contributed by atoms with Crippen molar-refractivity contribution >= 4 is 5.91 Å². The van der Waals surface area contributed by atoms with Crippen LogP contribution in [0.2, 0.25) is 0 Å². The van der Waals surface area contributed by atoms with Crippen LogP contribution in [0.15, 0.2) is 30.3 Å². The summed E-state index contributed by atoms with van der Waals surface area (Å²) in [5, 5.41) is 3.42. The summed E-state index contributed by atoms with van der Waals surface area (Å²) in [6, 6.07) is 9.84. The van der Waals surface area contributed by atoms with E-state index in [0.717, 1.165) is 25.2 Å². The third-order valence-corrected chi connectivity index (χ3v) is 3.76. The lowest BCUT2D eigenvalue weighted by molar-refractivity contribution is 0.0661. The van der Waals surface area contributed by atoms with Crippen LogP contribution < -0.4 is 5.32 Å². The second-order valence-corrected chi connectivity index (χ2v) is 5.63. The molecule has 3 nitrogen and oxygen atoms in total. The first-order valence-corrected chi connectivity index (χ1v) is 7.25. The molecule has 1 amide bonds. The molecule has 1 unspecified atom stereocenters. The molecular formula is C16H24N2O. The Bertz CT molecular complexity index is 396. The number of piperidine rings is 1. The van der Waals surface area contributed by atoms with Crippen molar-refractivity contribution in [3.63, 3.8) is 0 Å². The molecule has 0 bridgehead atoms. The van der Waals surface area contributed by atoms with E-state index >= 15 is 0 Å². The zero-order valence-electron chi connectivity index (χ0n) is 11.9. The summed E-state index contributed by atoms with van der Waals surface area (Å²) >= 11 is 0. The van der Waals surface area contributed by atoms with Gasteiger partial charge in [0.2, 0.25) is 0 Å². The van der Waals surface area contributed by atoms with Crippen molar-refractivity contribution in [2.45, 2.75) is 32.7 Å². The van der Waals surface area contributed by atoms with Crippen molar-refractivity contribution in [2.75, 3.05) is 19.6 Å². The highest BCUT2D eigenvalue weighted by atomic mass is 16.2. The lowest BCUT2D eigenvalue weighted by atomic mass is 9.98. The van der Waals surface area contributed by atoms with E-state index in [1.807, 2.05) is 35.2 Å². The minimum absolute atomic E-state index is 0.154. The lowest BCUT2D eigenvalue weighted by Crippen LogP contribution is -2.44. The molecule has 3 heteroatoms. The van der Waals surface area contributed by atoms with E-state index in [-0.39, 0.29) is 11.9 Å². The van der Waals surface area contributed by atoms with Gasteiger partial charge in [0.1, 0.15) is 0 Å². The Morgan fingerprint density at radius 2 is 2.11 bits per heavy atom. The maximum Gasteiger partial charge on any atom is 0.254 e. The van der Waals surface area contributed by atoms with Crippen LogP contribution in [-0.2, 0) is 0 Å². The Kier molecular flexibility index (Phi) is 4.97. The maximum absolute atomic E-state index is 12.6. The smallest absolute Gasteiger partial charge is 0.254 e. The Hall–Kier alpha value is -1.35. The van der Waals surface area contributed by atoms with Crippen molar-refractivity contribution in [1.82, 2.24) is 10.2 Å². The number of nitrogens with one attached hydrogen (secondary N) is 1. The first kappa shape index (κ1) is 14.1. The van der Waals surface area contributed by atoms with Gasteiger partial charge in [0.25, 0.3) is 5.91 Å². The van der Waals surface area contributed by atoms with Gasteiger partial charge >= 0.3 is 0 Å². The van der Waals surface area contributed by atoms with Gasteiger partial charge in [-0.15, -0.1) is 0 Å². The van der Waals surface area contributed by atoms with Gasteiger partial charge in [0.05, 0.1) is 0 Å². The highest BCUT2D eigenvalue weighted by Crippen LogP contribution is 2.16. The van der Waals surface area contributed by atoms with E-state index < -0.39 is 0 Å². The van der Waals surface area contributed by atoms with Crippen LogP contribution in [0.5, 0.6) is 0 Å². The van der Waals surface area contributed by atoms with Crippen molar-refractivity contribution in [1.29, 1.82) is 0 Å². The maximum atomic E-state index is 12.6. The van der Waals surface area contributed by atoms with Gasteiger partial charge in [-0.3, -0.25) is 4.79 Å². The molecule has 1 heterocycles. The van der Waals surface area contributed by atoms with Gasteiger partial charge in [-0.05, 0) is 57.8 Å². The molecule has 0 spiro atoms. The fourth-order valence-electron chi connectivity index (χ4n) is 2.63. The molecule has 1 aliphatic rings. The Morgan fingerprint density at radius 1 is 1.37 bits per heavy atom. The highest BCUT2D eigenvalue weighted by Gasteiger charge is 2.23. The zero-order chi connectivity index (χ0) is 13.7. The average molecular weight is 260 g/mol. The molecule has 19 heavy (non-hydrogen) atoms. The van der Waals surface area contributed by atoms with Gasteiger partial charge in [-0.2, -0.15) is 0 Å². The molecule has 0 saturated carbocycles. The van der Waals surface area contributed by atoms with Crippen molar-refractivity contribution in [3.8, 4) is 0 Å². The number of rotatable bonds is 4. The van der Waals surface area contributed by atoms with Crippen molar-refractivity contribution < 1.29 is 4.79 Å². The predicted molar refractivity (Wildman–Crippen MR) is 78.2 cm³/mol. The standard InChI is InChI=1S/C16H24N2O/c1-13(2)18(12-14-7-6-10-17-11-14)16(19)15-8-4-3-5-9-15/h3-5,8-9,13-14,17H,6-7,10-12H2,1-2H3. The molecule has 0 aromatic heterocycles. The number of hydrogen-bond donors (Lipinski definition) is 1. The largest absolute Gasteiger partial charge is 0.336 e. The summed E-state index contributed by atoms with van der Waals surface area (Å²) in [7, 11) is 0. The molecular weight excluding hydrogens is 236 g/mol. The molecule has 1 aromatic rings. The van der Waals surface area contributed by atoms with E-state index in [1.165, 1.54) is 12.8 Å². The highest BCUT2D eigenvalue weighted by molar-refractivity contribution is 5.94. The van der Waals surface area contributed by atoms with Gasteiger partial charge in [-0.1, -0.05) is 18.2 Å². The summed E-state index contributed by atoms with van der Waals surface area (Å²) in [5.74, 6) is 0.741. The fourth-order valence-corrected chi connectivity index (χ4v) is 2.63. The number of carbonyl (C=O) groups is 1. The van der Waals surface area contributed by atoms with Gasteiger partial charge in [0, 0.05) is 18.2 Å². The number of amides is 1. The number of carbonyl (C=O) groups excluding carboxylic acids is 1. The van der Waals surface area contributed by atoms with Crippen LogP contribution >= 0.6 is 0 Å². The molecule has 1 saturated heterocycles. The van der Waals surface area contributed by atoms with Crippen LogP contribution in [0, 0.1) is 5.92 Å². The molecule has 104 valence electrons. The van der Waals surface area contributed by atoms with E-state index in [2.05, 4.69) is 19.2 Å². The van der Waals surface area contributed by atoms with Crippen molar-refractivity contribution in [3.05, 3.63) is 35.9 Å². The van der Waals surface area contributed by atoms with E-state index in [9.17, 15) is 4.79 Å². The second-order valence-electron chi connectivity index (χ2n) is 5.63.